The third-order valence-corrected chi connectivity index (χ3v) is 3.21. The van der Waals surface area contributed by atoms with Crippen LogP contribution in [0.1, 0.15) is 37.5 Å². The maximum absolute atomic E-state index is 13.1. The van der Waals surface area contributed by atoms with Crippen LogP contribution in [-0.2, 0) is 24.4 Å². The van der Waals surface area contributed by atoms with Crippen molar-refractivity contribution in [3.05, 3.63) is 71.0 Å². The Hall–Kier alpha value is -1.71. The zero-order valence-electron chi connectivity index (χ0n) is 13.5. The summed E-state index contributed by atoms with van der Waals surface area (Å²) in [5.41, 5.74) is 3.18. The van der Waals surface area contributed by atoms with E-state index in [1.807, 2.05) is 12.1 Å². The lowest BCUT2D eigenvalue weighted by molar-refractivity contribution is -0.0149. The van der Waals surface area contributed by atoms with Gasteiger partial charge in [-0.15, -0.1) is 0 Å². The van der Waals surface area contributed by atoms with Crippen LogP contribution < -0.4 is 5.32 Å². The second-order valence-corrected chi connectivity index (χ2v) is 6.45. The molecule has 0 spiro atoms. The van der Waals surface area contributed by atoms with Crippen LogP contribution >= 0.6 is 0 Å². The molecule has 1 N–H and O–H groups in total. The second-order valence-electron chi connectivity index (χ2n) is 6.45. The van der Waals surface area contributed by atoms with Crippen LogP contribution in [0.3, 0.4) is 0 Å². The Morgan fingerprint density at radius 1 is 0.909 bits per heavy atom. The molecular formula is C19H24FNO. The molecule has 2 rings (SSSR count). The maximum atomic E-state index is 13.1. The summed E-state index contributed by atoms with van der Waals surface area (Å²) in [6.45, 7) is 8.17. The quantitative estimate of drug-likeness (QED) is 0.852. The molecular weight excluding hydrogens is 277 g/mol. The maximum Gasteiger partial charge on any atom is 0.123 e. The van der Waals surface area contributed by atoms with Crippen molar-refractivity contribution >= 4 is 0 Å². The molecule has 0 aliphatic carbocycles. The molecule has 2 aromatic rings. The molecule has 0 aliphatic heterocycles. The van der Waals surface area contributed by atoms with Crippen LogP contribution in [0.4, 0.5) is 4.39 Å². The van der Waals surface area contributed by atoms with E-state index in [4.69, 9.17) is 4.74 Å². The molecule has 0 radical (unpaired) electrons. The summed E-state index contributed by atoms with van der Waals surface area (Å²) in [4.78, 5) is 0. The van der Waals surface area contributed by atoms with E-state index in [2.05, 4.69) is 44.3 Å². The zero-order chi connectivity index (χ0) is 16.0. The van der Waals surface area contributed by atoms with Gasteiger partial charge in [-0.2, -0.15) is 0 Å². The molecule has 0 atom stereocenters. The smallest absolute Gasteiger partial charge is 0.123 e. The average Bonchev–Trinajstić information content (AvgIpc) is 2.45. The van der Waals surface area contributed by atoms with Crippen molar-refractivity contribution < 1.29 is 9.13 Å². The highest BCUT2D eigenvalue weighted by molar-refractivity contribution is 5.23. The van der Waals surface area contributed by atoms with Crippen molar-refractivity contribution in [2.24, 2.45) is 0 Å². The SMILES string of the molecule is CC(C)(C)OCc1cccc(CNCc2cccc(F)c2)c1. The van der Waals surface area contributed by atoms with Crippen molar-refractivity contribution in [2.45, 2.75) is 46.1 Å². The minimum Gasteiger partial charge on any atom is -0.371 e. The van der Waals surface area contributed by atoms with Gasteiger partial charge < -0.3 is 10.1 Å². The van der Waals surface area contributed by atoms with Gasteiger partial charge in [0.25, 0.3) is 0 Å². The molecule has 118 valence electrons. The van der Waals surface area contributed by atoms with Crippen LogP contribution in [0, 0.1) is 5.82 Å². The Morgan fingerprint density at radius 2 is 1.50 bits per heavy atom. The highest BCUT2D eigenvalue weighted by atomic mass is 19.1. The number of halogens is 1. The van der Waals surface area contributed by atoms with Gasteiger partial charge in [0.2, 0.25) is 0 Å². The fourth-order valence-electron chi connectivity index (χ4n) is 2.13. The van der Waals surface area contributed by atoms with Crippen LogP contribution in [-0.4, -0.2) is 5.60 Å². The van der Waals surface area contributed by atoms with Crippen LogP contribution in [0.25, 0.3) is 0 Å². The van der Waals surface area contributed by atoms with E-state index in [0.29, 0.717) is 13.2 Å². The fraction of sp³-hybridized carbons (Fsp3) is 0.368. The summed E-state index contributed by atoms with van der Waals surface area (Å²) in [6.07, 6.45) is 0. The summed E-state index contributed by atoms with van der Waals surface area (Å²) >= 11 is 0. The Kier molecular flexibility index (Phi) is 5.69. The van der Waals surface area contributed by atoms with Gasteiger partial charge in [0.05, 0.1) is 12.2 Å². The largest absolute Gasteiger partial charge is 0.371 e. The van der Waals surface area contributed by atoms with Gasteiger partial charge >= 0.3 is 0 Å². The van der Waals surface area contributed by atoms with Crippen molar-refractivity contribution in [3.63, 3.8) is 0 Å². The Balaban J connectivity index is 1.85. The highest BCUT2D eigenvalue weighted by Crippen LogP contribution is 2.13. The van der Waals surface area contributed by atoms with Gasteiger partial charge in [0.15, 0.2) is 0 Å². The lowest BCUT2D eigenvalue weighted by Gasteiger charge is -2.19. The van der Waals surface area contributed by atoms with Crippen molar-refractivity contribution in [3.8, 4) is 0 Å². The van der Waals surface area contributed by atoms with Gasteiger partial charge in [0.1, 0.15) is 5.82 Å². The Morgan fingerprint density at radius 3 is 2.14 bits per heavy atom. The summed E-state index contributed by atoms with van der Waals surface area (Å²) in [5, 5.41) is 3.34. The van der Waals surface area contributed by atoms with Crippen molar-refractivity contribution in [1.82, 2.24) is 5.32 Å². The topological polar surface area (TPSA) is 21.3 Å². The van der Waals surface area contributed by atoms with Crippen molar-refractivity contribution in [1.29, 1.82) is 0 Å². The molecule has 0 aliphatic rings. The van der Waals surface area contributed by atoms with Crippen molar-refractivity contribution in [2.75, 3.05) is 0 Å². The molecule has 2 aromatic carbocycles. The second kappa shape index (κ2) is 7.52. The molecule has 2 nitrogen and oxygen atoms in total. The first-order valence-corrected chi connectivity index (χ1v) is 7.59. The molecule has 0 aromatic heterocycles. The monoisotopic (exact) mass is 301 g/mol. The number of ether oxygens (including phenoxy) is 1. The first-order valence-electron chi connectivity index (χ1n) is 7.59. The summed E-state index contributed by atoms with van der Waals surface area (Å²) in [7, 11) is 0. The summed E-state index contributed by atoms with van der Waals surface area (Å²) in [6, 6.07) is 15.0. The van der Waals surface area contributed by atoms with E-state index in [1.165, 1.54) is 17.2 Å². The molecule has 22 heavy (non-hydrogen) atoms. The molecule has 0 amide bonds. The Labute approximate surface area is 132 Å². The van der Waals surface area contributed by atoms with Gasteiger partial charge in [-0.25, -0.2) is 4.39 Å². The van der Waals surface area contributed by atoms with Gasteiger partial charge in [-0.3, -0.25) is 0 Å². The van der Waals surface area contributed by atoms with Gasteiger partial charge in [0, 0.05) is 13.1 Å². The minimum atomic E-state index is -0.194. The molecule has 0 saturated carbocycles. The fourth-order valence-corrected chi connectivity index (χ4v) is 2.13. The average molecular weight is 301 g/mol. The van der Waals surface area contributed by atoms with E-state index >= 15 is 0 Å². The predicted molar refractivity (Wildman–Crippen MR) is 87.9 cm³/mol. The normalized spacial score (nSPS) is 11.6. The lowest BCUT2D eigenvalue weighted by atomic mass is 10.1. The van der Waals surface area contributed by atoms with E-state index in [9.17, 15) is 4.39 Å². The number of benzene rings is 2. The van der Waals surface area contributed by atoms with E-state index in [0.717, 1.165) is 12.1 Å². The van der Waals surface area contributed by atoms with E-state index < -0.39 is 0 Å². The molecule has 3 heteroatoms. The zero-order valence-corrected chi connectivity index (χ0v) is 13.5. The number of hydrogen-bond donors (Lipinski definition) is 1. The molecule has 0 fully saturated rings. The van der Waals surface area contributed by atoms with Gasteiger partial charge in [-0.1, -0.05) is 36.4 Å². The number of nitrogens with one attached hydrogen (secondary N) is 1. The first-order chi connectivity index (χ1) is 10.4. The molecule has 0 heterocycles. The summed E-state index contributed by atoms with van der Waals surface area (Å²) in [5.74, 6) is -0.194. The van der Waals surface area contributed by atoms with Crippen LogP contribution in [0.5, 0.6) is 0 Å². The van der Waals surface area contributed by atoms with Crippen LogP contribution in [0.2, 0.25) is 0 Å². The molecule has 0 saturated heterocycles. The number of rotatable bonds is 6. The Bertz CT molecular complexity index is 604. The number of hydrogen-bond acceptors (Lipinski definition) is 2. The molecule has 0 bridgehead atoms. The molecule has 0 unspecified atom stereocenters. The lowest BCUT2D eigenvalue weighted by Crippen LogP contribution is -2.18. The predicted octanol–water partition coefficient (Wildman–Crippen LogP) is 4.43. The summed E-state index contributed by atoms with van der Waals surface area (Å²) < 4.78 is 18.9. The third kappa shape index (κ3) is 5.96. The standard InChI is InChI=1S/C19H24FNO/c1-19(2,3)22-14-17-8-4-6-15(10-17)12-21-13-16-7-5-9-18(20)11-16/h4-11,21H,12-14H2,1-3H3. The highest BCUT2D eigenvalue weighted by Gasteiger charge is 2.10. The minimum absolute atomic E-state index is 0.133. The van der Waals surface area contributed by atoms with E-state index in [-0.39, 0.29) is 11.4 Å². The van der Waals surface area contributed by atoms with Gasteiger partial charge in [-0.05, 0) is 49.6 Å². The van der Waals surface area contributed by atoms with Crippen LogP contribution in [0.15, 0.2) is 48.5 Å². The van der Waals surface area contributed by atoms with E-state index in [1.54, 1.807) is 12.1 Å². The third-order valence-electron chi connectivity index (χ3n) is 3.21. The first kappa shape index (κ1) is 16.7.